The van der Waals surface area contributed by atoms with E-state index in [1.807, 2.05) is 13.0 Å². The number of thiocarbonyl (C=S) groups is 1. The zero-order valence-electron chi connectivity index (χ0n) is 19.3. The first kappa shape index (κ1) is 22.5. The molecule has 1 heterocycles. The summed E-state index contributed by atoms with van der Waals surface area (Å²) in [5.41, 5.74) is 6.25. The summed E-state index contributed by atoms with van der Waals surface area (Å²) in [6.45, 7) is 6.81. The quantitative estimate of drug-likeness (QED) is 0.455. The van der Waals surface area contributed by atoms with E-state index in [1.54, 1.807) is 0 Å². The standard InChI is InChI=1S/C27H33N3OS/c1-4-20-10-12-23(13-11-20)28-27(32)30(24-8-6-5-7-9-24)17-22-16-21-15-18(2)14-19(3)25(21)29-26(22)31/h10-16,24H,4-9,17H2,1-3H3,(H,28,32)(H,29,31). The van der Waals surface area contributed by atoms with Gasteiger partial charge in [-0.3, -0.25) is 4.79 Å². The number of benzene rings is 2. The van der Waals surface area contributed by atoms with Crippen molar-refractivity contribution in [2.75, 3.05) is 5.32 Å². The molecule has 2 N–H and O–H groups in total. The van der Waals surface area contributed by atoms with Crippen molar-refractivity contribution in [3.05, 3.63) is 75.1 Å². The predicted octanol–water partition coefficient (Wildman–Crippen LogP) is 6.24. The Morgan fingerprint density at radius 3 is 2.50 bits per heavy atom. The predicted molar refractivity (Wildman–Crippen MR) is 138 cm³/mol. The van der Waals surface area contributed by atoms with Gasteiger partial charge in [0.05, 0.1) is 12.1 Å². The van der Waals surface area contributed by atoms with Crippen molar-refractivity contribution in [2.24, 2.45) is 0 Å². The van der Waals surface area contributed by atoms with Crippen molar-refractivity contribution in [3.63, 3.8) is 0 Å². The van der Waals surface area contributed by atoms with E-state index < -0.39 is 0 Å². The van der Waals surface area contributed by atoms with Crippen LogP contribution < -0.4 is 10.9 Å². The fraction of sp³-hybridized carbons (Fsp3) is 0.407. The van der Waals surface area contributed by atoms with Gasteiger partial charge in [-0.1, -0.05) is 49.9 Å². The van der Waals surface area contributed by atoms with Gasteiger partial charge in [0.2, 0.25) is 0 Å². The van der Waals surface area contributed by atoms with E-state index in [2.05, 4.69) is 65.4 Å². The minimum Gasteiger partial charge on any atom is -0.342 e. The smallest absolute Gasteiger partial charge is 0.253 e. The molecule has 4 rings (SSSR count). The molecule has 1 aromatic heterocycles. The molecule has 0 aliphatic heterocycles. The van der Waals surface area contributed by atoms with E-state index in [-0.39, 0.29) is 5.56 Å². The normalized spacial score (nSPS) is 14.5. The van der Waals surface area contributed by atoms with Gasteiger partial charge in [0, 0.05) is 17.3 Å². The largest absolute Gasteiger partial charge is 0.342 e. The Balaban J connectivity index is 1.63. The molecule has 0 bridgehead atoms. The number of rotatable bonds is 5. The number of pyridine rings is 1. The fourth-order valence-corrected chi connectivity index (χ4v) is 5.14. The number of H-pyrrole nitrogens is 1. The summed E-state index contributed by atoms with van der Waals surface area (Å²) in [5, 5.41) is 5.20. The molecule has 0 unspecified atom stereocenters. The molecule has 0 radical (unpaired) electrons. The first-order chi connectivity index (χ1) is 15.4. The number of hydrogen-bond donors (Lipinski definition) is 2. The van der Waals surface area contributed by atoms with E-state index >= 15 is 0 Å². The van der Waals surface area contributed by atoms with Gasteiger partial charge in [0.1, 0.15) is 0 Å². The van der Waals surface area contributed by atoms with Crippen molar-refractivity contribution in [2.45, 2.75) is 71.9 Å². The second-order valence-corrected chi connectivity index (χ2v) is 9.46. The molecule has 1 saturated carbocycles. The number of aromatic amines is 1. The molecule has 1 aliphatic carbocycles. The number of anilines is 1. The van der Waals surface area contributed by atoms with E-state index in [4.69, 9.17) is 12.2 Å². The minimum absolute atomic E-state index is 0.0274. The van der Waals surface area contributed by atoms with Gasteiger partial charge in [-0.05, 0) is 86.1 Å². The van der Waals surface area contributed by atoms with E-state index in [0.29, 0.717) is 17.7 Å². The van der Waals surface area contributed by atoms with Crippen molar-refractivity contribution in [1.29, 1.82) is 0 Å². The molecule has 2 aromatic carbocycles. The number of nitrogens with zero attached hydrogens (tertiary/aromatic N) is 1. The molecule has 4 nitrogen and oxygen atoms in total. The van der Waals surface area contributed by atoms with Crippen molar-refractivity contribution >= 4 is 33.9 Å². The Kier molecular flexibility index (Phi) is 6.95. The van der Waals surface area contributed by atoms with Gasteiger partial charge in [-0.15, -0.1) is 0 Å². The summed E-state index contributed by atoms with van der Waals surface area (Å²) >= 11 is 5.88. The van der Waals surface area contributed by atoms with Crippen LogP contribution in [0.2, 0.25) is 0 Å². The van der Waals surface area contributed by atoms with Gasteiger partial charge < -0.3 is 15.2 Å². The maximum Gasteiger partial charge on any atom is 0.253 e. The molecule has 1 fully saturated rings. The van der Waals surface area contributed by atoms with Crippen LogP contribution in [0, 0.1) is 13.8 Å². The van der Waals surface area contributed by atoms with Crippen LogP contribution in [0.15, 0.2) is 47.3 Å². The molecule has 168 valence electrons. The zero-order valence-corrected chi connectivity index (χ0v) is 20.1. The number of aryl methyl sites for hydroxylation is 3. The molecule has 0 saturated heterocycles. The van der Waals surface area contributed by atoms with Gasteiger partial charge in [-0.25, -0.2) is 0 Å². The van der Waals surface area contributed by atoms with Gasteiger partial charge in [0.15, 0.2) is 5.11 Å². The molecule has 32 heavy (non-hydrogen) atoms. The Labute approximate surface area is 196 Å². The number of nitrogens with one attached hydrogen (secondary N) is 2. The summed E-state index contributed by atoms with van der Waals surface area (Å²) in [7, 11) is 0. The second-order valence-electron chi connectivity index (χ2n) is 9.07. The highest BCUT2D eigenvalue weighted by Gasteiger charge is 2.24. The van der Waals surface area contributed by atoms with Crippen molar-refractivity contribution in [3.8, 4) is 0 Å². The molecular formula is C27H33N3OS. The summed E-state index contributed by atoms with van der Waals surface area (Å²) in [4.78, 5) is 18.3. The number of hydrogen-bond acceptors (Lipinski definition) is 2. The summed E-state index contributed by atoms with van der Waals surface area (Å²) < 4.78 is 0. The highest BCUT2D eigenvalue weighted by molar-refractivity contribution is 7.80. The van der Waals surface area contributed by atoms with Crippen LogP contribution in [0.5, 0.6) is 0 Å². The van der Waals surface area contributed by atoms with Crippen molar-refractivity contribution < 1.29 is 0 Å². The molecule has 0 atom stereocenters. The van der Waals surface area contributed by atoms with E-state index in [0.717, 1.165) is 47.0 Å². The minimum atomic E-state index is -0.0274. The summed E-state index contributed by atoms with van der Waals surface area (Å²) in [6.07, 6.45) is 6.93. The average molecular weight is 448 g/mol. The summed E-state index contributed by atoms with van der Waals surface area (Å²) in [5.74, 6) is 0. The molecule has 0 amide bonds. The van der Waals surface area contributed by atoms with Crippen molar-refractivity contribution in [1.82, 2.24) is 9.88 Å². The van der Waals surface area contributed by atoms with E-state index in [1.165, 1.54) is 30.4 Å². The lowest BCUT2D eigenvalue weighted by Crippen LogP contribution is -2.44. The van der Waals surface area contributed by atoms with Crippen LogP contribution in [-0.2, 0) is 13.0 Å². The lowest BCUT2D eigenvalue weighted by molar-refractivity contribution is 0.240. The first-order valence-corrected chi connectivity index (χ1v) is 12.1. The molecule has 0 spiro atoms. The third kappa shape index (κ3) is 5.04. The van der Waals surface area contributed by atoms with Crippen LogP contribution in [0.3, 0.4) is 0 Å². The van der Waals surface area contributed by atoms with Crippen LogP contribution in [-0.4, -0.2) is 21.0 Å². The lowest BCUT2D eigenvalue weighted by Gasteiger charge is -2.36. The topological polar surface area (TPSA) is 48.1 Å². The molecule has 5 heteroatoms. The van der Waals surface area contributed by atoms with Crippen LogP contribution in [0.1, 0.15) is 61.3 Å². The Morgan fingerprint density at radius 2 is 1.81 bits per heavy atom. The van der Waals surface area contributed by atoms with Crippen LogP contribution in [0.25, 0.3) is 10.9 Å². The Bertz CT molecular complexity index is 1160. The monoisotopic (exact) mass is 447 g/mol. The van der Waals surface area contributed by atoms with Crippen LogP contribution >= 0.6 is 12.2 Å². The number of fused-ring (bicyclic) bond motifs is 1. The van der Waals surface area contributed by atoms with Crippen LogP contribution in [0.4, 0.5) is 5.69 Å². The lowest BCUT2D eigenvalue weighted by atomic mass is 9.94. The first-order valence-electron chi connectivity index (χ1n) is 11.7. The molecule has 3 aromatic rings. The third-order valence-corrected chi connectivity index (χ3v) is 6.94. The highest BCUT2D eigenvalue weighted by atomic mass is 32.1. The Hall–Kier alpha value is -2.66. The van der Waals surface area contributed by atoms with Gasteiger partial charge in [-0.2, -0.15) is 0 Å². The summed E-state index contributed by atoms with van der Waals surface area (Å²) in [6, 6.07) is 15.1. The number of aromatic nitrogens is 1. The SMILES string of the molecule is CCc1ccc(NC(=S)N(Cc2cc3cc(C)cc(C)c3[nH]c2=O)C2CCCCC2)cc1. The maximum absolute atomic E-state index is 13.0. The Morgan fingerprint density at radius 1 is 1.09 bits per heavy atom. The second kappa shape index (κ2) is 9.86. The fourth-order valence-electron chi connectivity index (χ4n) is 4.81. The van der Waals surface area contributed by atoms with Gasteiger partial charge >= 0.3 is 0 Å². The zero-order chi connectivity index (χ0) is 22.7. The third-order valence-electron chi connectivity index (χ3n) is 6.60. The molecular weight excluding hydrogens is 414 g/mol. The highest BCUT2D eigenvalue weighted by Crippen LogP contribution is 2.26. The average Bonchev–Trinajstić information content (AvgIpc) is 2.79. The van der Waals surface area contributed by atoms with Gasteiger partial charge in [0.25, 0.3) is 5.56 Å². The maximum atomic E-state index is 13.0. The van der Waals surface area contributed by atoms with E-state index in [9.17, 15) is 4.79 Å². The molecule has 1 aliphatic rings.